The summed E-state index contributed by atoms with van der Waals surface area (Å²) in [6.07, 6.45) is 1.95. The average Bonchev–Trinajstić information content (AvgIpc) is 3.44. The van der Waals surface area contributed by atoms with Crippen molar-refractivity contribution in [2.24, 2.45) is 0 Å². The third-order valence-electron chi connectivity index (χ3n) is 4.48. The maximum atomic E-state index is 12.3. The largest absolute Gasteiger partial charge is 0.302 e. The fourth-order valence-electron chi connectivity index (χ4n) is 2.99. The number of tetrazole rings is 1. The van der Waals surface area contributed by atoms with Gasteiger partial charge in [-0.3, -0.25) is 9.52 Å². The molecule has 0 radical (unpaired) electrons. The number of benzene rings is 2. The summed E-state index contributed by atoms with van der Waals surface area (Å²) in [5, 5.41) is 17.5. The Labute approximate surface area is 194 Å². The average molecular weight is 484 g/mol. The molecule has 33 heavy (non-hydrogen) atoms. The molecule has 0 aliphatic rings. The number of anilines is 2. The normalized spacial score (nSPS) is 11.3. The van der Waals surface area contributed by atoms with Gasteiger partial charge in [-0.15, -0.1) is 21.5 Å². The molecule has 0 fully saturated rings. The van der Waals surface area contributed by atoms with Gasteiger partial charge in [0, 0.05) is 28.6 Å². The molecule has 0 saturated carbocycles. The number of thiazole rings is 1. The Morgan fingerprint density at radius 2 is 1.82 bits per heavy atom. The number of rotatable bonds is 9. The molecule has 4 rings (SSSR count). The predicted octanol–water partition coefficient (Wildman–Crippen LogP) is 3.25. The molecule has 12 heteroatoms. The minimum Gasteiger partial charge on any atom is -0.302 e. The highest BCUT2D eigenvalue weighted by molar-refractivity contribution is 7.92. The first-order valence-electron chi connectivity index (χ1n) is 10.0. The summed E-state index contributed by atoms with van der Waals surface area (Å²) in [5.41, 5.74) is 2.88. The van der Waals surface area contributed by atoms with Crippen molar-refractivity contribution in [1.82, 2.24) is 25.2 Å². The van der Waals surface area contributed by atoms with Crippen molar-refractivity contribution in [2.45, 2.75) is 19.4 Å². The van der Waals surface area contributed by atoms with Crippen molar-refractivity contribution < 1.29 is 13.2 Å². The summed E-state index contributed by atoms with van der Waals surface area (Å²) in [7, 11) is -3.33. The number of carbonyl (C=O) groups is 1. The third-order valence-corrected chi connectivity index (χ3v) is 5.85. The molecule has 0 atom stereocenters. The number of amides is 1. The van der Waals surface area contributed by atoms with Crippen LogP contribution in [0.5, 0.6) is 0 Å². The van der Waals surface area contributed by atoms with Gasteiger partial charge in [0.15, 0.2) is 5.13 Å². The predicted molar refractivity (Wildman–Crippen MR) is 127 cm³/mol. The number of sulfonamides is 1. The monoisotopic (exact) mass is 483 g/mol. The van der Waals surface area contributed by atoms with E-state index in [1.807, 2.05) is 35.7 Å². The van der Waals surface area contributed by atoms with Gasteiger partial charge in [0.1, 0.15) is 0 Å². The molecule has 1 amide bonds. The summed E-state index contributed by atoms with van der Waals surface area (Å²) in [6.45, 7) is 0.476. The molecule has 0 aliphatic heterocycles. The van der Waals surface area contributed by atoms with Gasteiger partial charge in [0.25, 0.3) is 0 Å². The van der Waals surface area contributed by atoms with Crippen molar-refractivity contribution >= 4 is 38.1 Å². The summed E-state index contributed by atoms with van der Waals surface area (Å²) in [4.78, 5) is 18.2. The van der Waals surface area contributed by atoms with Crippen LogP contribution in [0.4, 0.5) is 10.8 Å². The first-order chi connectivity index (χ1) is 15.9. The lowest BCUT2D eigenvalue weighted by molar-refractivity contribution is -0.116. The molecule has 2 heterocycles. The molecular weight excluding hydrogens is 462 g/mol. The molecule has 0 spiro atoms. The molecule has 10 nitrogen and oxygen atoms in total. The van der Waals surface area contributed by atoms with Crippen LogP contribution in [0.3, 0.4) is 0 Å². The van der Waals surface area contributed by atoms with Crippen molar-refractivity contribution in [1.29, 1.82) is 0 Å². The zero-order valence-corrected chi connectivity index (χ0v) is 19.3. The smallest absolute Gasteiger partial charge is 0.229 e. The molecule has 0 saturated heterocycles. The van der Waals surface area contributed by atoms with Crippen LogP contribution >= 0.6 is 11.3 Å². The zero-order valence-electron chi connectivity index (χ0n) is 17.7. The SMILES string of the molecule is CS(=O)(=O)Nc1ccc(-c2csc(NC(=O)CCCn3nnc(-c4ccccc4)n3)n2)cc1. The molecule has 0 bridgehead atoms. The van der Waals surface area contributed by atoms with Crippen LogP contribution in [0, 0.1) is 0 Å². The zero-order chi connectivity index (χ0) is 23.3. The van der Waals surface area contributed by atoms with E-state index in [4.69, 9.17) is 0 Å². The van der Waals surface area contributed by atoms with Gasteiger partial charge < -0.3 is 5.32 Å². The van der Waals surface area contributed by atoms with Crippen LogP contribution < -0.4 is 10.0 Å². The second kappa shape index (κ2) is 9.88. The minimum absolute atomic E-state index is 0.146. The highest BCUT2D eigenvalue weighted by atomic mass is 32.2. The quantitative estimate of drug-likeness (QED) is 0.373. The first-order valence-corrected chi connectivity index (χ1v) is 12.8. The fraction of sp³-hybridized carbons (Fsp3) is 0.190. The van der Waals surface area contributed by atoms with Gasteiger partial charge in [-0.25, -0.2) is 13.4 Å². The van der Waals surface area contributed by atoms with Crippen LogP contribution in [-0.4, -0.2) is 45.8 Å². The van der Waals surface area contributed by atoms with Crippen molar-refractivity contribution in [3.8, 4) is 22.6 Å². The number of aryl methyl sites for hydroxylation is 1. The summed E-state index contributed by atoms with van der Waals surface area (Å²) >= 11 is 1.32. The Morgan fingerprint density at radius 3 is 2.55 bits per heavy atom. The first kappa shape index (κ1) is 22.6. The Balaban J connectivity index is 1.26. The van der Waals surface area contributed by atoms with Gasteiger partial charge in [0.2, 0.25) is 21.8 Å². The number of carbonyl (C=O) groups excluding carboxylic acids is 1. The van der Waals surface area contributed by atoms with Crippen LogP contribution in [0.2, 0.25) is 0 Å². The van der Waals surface area contributed by atoms with E-state index in [-0.39, 0.29) is 5.91 Å². The molecule has 0 unspecified atom stereocenters. The van der Waals surface area contributed by atoms with E-state index >= 15 is 0 Å². The molecule has 4 aromatic rings. The highest BCUT2D eigenvalue weighted by Crippen LogP contribution is 2.26. The lowest BCUT2D eigenvalue weighted by Gasteiger charge is -2.04. The van der Waals surface area contributed by atoms with Crippen LogP contribution in [0.25, 0.3) is 22.6 Å². The number of hydrogen-bond donors (Lipinski definition) is 2. The Morgan fingerprint density at radius 1 is 1.06 bits per heavy atom. The van der Waals surface area contributed by atoms with Gasteiger partial charge >= 0.3 is 0 Å². The summed E-state index contributed by atoms with van der Waals surface area (Å²) < 4.78 is 25.0. The van der Waals surface area contributed by atoms with E-state index in [1.54, 1.807) is 24.3 Å². The standard InChI is InChI=1S/C21H21N7O3S2/c1-33(30,31)26-17-11-9-15(10-12-17)18-14-32-21(22-18)23-19(29)8-5-13-28-25-20(24-27-28)16-6-3-2-4-7-16/h2-4,6-7,9-12,14,26H,5,8,13H2,1H3,(H,22,23,29). The fourth-order valence-corrected chi connectivity index (χ4v) is 4.29. The van der Waals surface area contributed by atoms with Gasteiger partial charge in [-0.05, 0) is 23.8 Å². The number of hydrogen-bond acceptors (Lipinski definition) is 8. The van der Waals surface area contributed by atoms with E-state index in [9.17, 15) is 13.2 Å². The van der Waals surface area contributed by atoms with E-state index in [1.165, 1.54) is 16.1 Å². The Kier molecular flexibility index (Phi) is 6.75. The minimum atomic E-state index is -3.33. The summed E-state index contributed by atoms with van der Waals surface area (Å²) in [6, 6.07) is 16.4. The van der Waals surface area contributed by atoms with E-state index in [0.717, 1.165) is 17.4 Å². The van der Waals surface area contributed by atoms with Crippen molar-refractivity contribution in [3.63, 3.8) is 0 Å². The lowest BCUT2D eigenvalue weighted by atomic mass is 10.1. The van der Waals surface area contributed by atoms with Crippen molar-refractivity contribution in [2.75, 3.05) is 16.3 Å². The van der Waals surface area contributed by atoms with Crippen LogP contribution in [-0.2, 0) is 21.4 Å². The van der Waals surface area contributed by atoms with Crippen molar-refractivity contribution in [3.05, 3.63) is 60.0 Å². The molecule has 2 N–H and O–H groups in total. The third kappa shape index (κ3) is 6.43. The summed E-state index contributed by atoms with van der Waals surface area (Å²) in [5.74, 6) is 0.405. The molecular formula is C21H21N7O3S2. The second-order valence-corrected chi connectivity index (χ2v) is 9.82. The number of aromatic nitrogens is 5. The Bertz CT molecular complexity index is 1330. The molecule has 170 valence electrons. The maximum Gasteiger partial charge on any atom is 0.229 e. The Hall–Kier alpha value is -3.64. The maximum absolute atomic E-state index is 12.3. The number of nitrogens with zero attached hydrogens (tertiary/aromatic N) is 5. The van der Waals surface area contributed by atoms with Gasteiger partial charge in [-0.1, -0.05) is 42.5 Å². The highest BCUT2D eigenvalue weighted by Gasteiger charge is 2.10. The number of nitrogens with one attached hydrogen (secondary N) is 2. The molecule has 2 aromatic heterocycles. The van der Waals surface area contributed by atoms with E-state index in [0.29, 0.717) is 41.7 Å². The van der Waals surface area contributed by atoms with Crippen LogP contribution in [0.1, 0.15) is 12.8 Å². The van der Waals surface area contributed by atoms with Crippen LogP contribution in [0.15, 0.2) is 60.0 Å². The topological polar surface area (TPSA) is 132 Å². The van der Waals surface area contributed by atoms with E-state index < -0.39 is 10.0 Å². The molecule has 0 aliphatic carbocycles. The van der Waals surface area contributed by atoms with Gasteiger partial charge in [-0.2, -0.15) is 4.80 Å². The van der Waals surface area contributed by atoms with Gasteiger partial charge in [0.05, 0.1) is 18.5 Å². The van der Waals surface area contributed by atoms with E-state index in [2.05, 4.69) is 30.4 Å². The lowest BCUT2D eigenvalue weighted by Crippen LogP contribution is -2.13. The molecule has 2 aromatic carbocycles. The second-order valence-electron chi connectivity index (χ2n) is 7.22.